The van der Waals surface area contributed by atoms with Crippen LogP contribution in [0.4, 0.5) is 8.78 Å². The molecule has 2 aromatic rings. The van der Waals surface area contributed by atoms with Crippen LogP contribution in [0.5, 0.6) is 5.75 Å². The van der Waals surface area contributed by atoms with E-state index >= 15 is 8.78 Å². The average molecular weight is 467 g/mol. The van der Waals surface area contributed by atoms with Crippen molar-refractivity contribution in [1.29, 1.82) is 0 Å². The number of unbranched alkanes of at least 4 members (excludes halogenated alkanes) is 2. The van der Waals surface area contributed by atoms with Gasteiger partial charge in [0.25, 0.3) is 0 Å². The summed E-state index contributed by atoms with van der Waals surface area (Å²) in [6.07, 6.45) is 15.9. The Bertz CT molecular complexity index is 948. The van der Waals surface area contributed by atoms with E-state index in [-0.39, 0.29) is 23.1 Å². The van der Waals surface area contributed by atoms with Crippen LogP contribution < -0.4 is 4.74 Å². The Hall–Kier alpha value is -2.16. The van der Waals surface area contributed by atoms with Gasteiger partial charge in [0.1, 0.15) is 24.0 Å². The fourth-order valence-electron chi connectivity index (χ4n) is 6.01. The van der Waals surface area contributed by atoms with E-state index in [2.05, 4.69) is 19.1 Å². The average Bonchev–Trinajstić information content (AvgIpc) is 2.84. The Morgan fingerprint density at radius 3 is 2.38 bits per heavy atom. The molecule has 2 aliphatic rings. The molecule has 1 nitrogen and oxygen atoms in total. The second-order valence-electron chi connectivity index (χ2n) is 10.4. The second-order valence-corrected chi connectivity index (χ2v) is 10.4. The van der Waals surface area contributed by atoms with Crippen molar-refractivity contribution >= 4 is 0 Å². The molecule has 0 aliphatic heterocycles. The Kier molecular flexibility index (Phi) is 8.80. The molecular formula is C31H40F2O. The fraction of sp³-hybridized carbons (Fsp3) is 0.548. The Labute approximate surface area is 204 Å². The third-order valence-corrected chi connectivity index (χ3v) is 8.03. The first-order valence-electron chi connectivity index (χ1n) is 13.4. The van der Waals surface area contributed by atoms with Gasteiger partial charge in [0.15, 0.2) is 0 Å². The number of allylic oxidation sites excluding steroid dienone is 1. The summed E-state index contributed by atoms with van der Waals surface area (Å²) in [5.41, 5.74) is 3.57. The minimum atomic E-state index is -0.347. The van der Waals surface area contributed by atoms with Crippen molar-refractivity contribution < 1.29 is 13.5 Å². The van der Waals surface area contributed by atoms with Crippen LogP contribution in [-0.2, 0) is 12.8 Å². The van der Waals surface area contributed by atoms with Crippen molar-refractivity contribution in [3.63, 3.8) is 0 Å². The molecule has 0 amide bonds. The van der Waals surface area contributed by atoms with E-state index < -0.39 is 0 Å². The summed E-state index contributed by atoms with van der Waals surface area (Å²) in [7, 11) is 0. The molecular weight excluding hydrogens is 426 g/mol. The van der Waals surface area contributed by atoms with Crippen LogP contribution in [0.25, 0.3) is 0 Å². The van der Waals surface area contributed by atoms with Crippen molar-refractivity contribution in [2.75, 3.05) is 6.61 Å². The van der Waals surface area contributed by atoms with Gasteiger partial charge < -0.3 is 4.74 Å². The zero-order valence-electron chi connectivity index (χ0n) is 20.9. The highest BCUT2D eigenvalue weighted by molar-refractivity contribution is 5.41. The second kappa shape index (κ2) is 12.0. The zero-order chi connectivity index (χ0) is 23.9. The molecule has 0 saturated heterocycles. The highest BCUT2D eigenvalue weighted by Crippen LogP contribution is 2.41. The third-order valence-electron chi connectivity index (χ3n) is 8.03. The Morgan fingerprint density at radius 1 is 0.912 bits per heavy atom. The molecule has 0 spiro atoms. The molecule has 0 N–H and O–H groups in total. The third kappa shape index (κ3) is 6.09. The molecule has 0 bridgehead atoms. The summed E-state index contributed by atoms with van der Waals surface area (Å²) in [5, 5.41) is 0. The van der Waals surface area contributed by atoms with Crippen LogP contribution in [0.2, 0.25) is 0 Å². The molecule has 1 unspecified atom stereocenters. The highest BCUT2D eigenvalue weighted by atomic mass is 19.1. The van der Waals surface area contributed by atoms with Crippen LogP contribution in [-0.4, -0.2) is 6.61 Å². The molecule has 2 aromatic carbocycles. The first-order chi connectivity index (χ1) is 16.6. The van der Waals surface area contributed by atoms with Gasteiger partial charge in [0.2, 0.25) is 0 Å². The number of aryl methyl sites for hydroxylation is 1. The van der Waals surface area contributed by atoms with E-state index in [1.54, 1.807) is 12.1 Å². The minimum absolute atomic E-state index is 0.106. The standard InChI is InChI=1S/C31H40F2O/c1-3-5-7-8-22-9-11-23(12-10-22)27-20-29(32)31(30(33)21-27)26-14-13-25-19-28(34-17-6-4-2)16-15-24(25)18-26/h4,6,15-16,19-23,26H,3,5,7-14,17-18H2,1-2H3. The Morgan fingerprint density at radius 2 is 1.68 bits per heavy atom. The quantitative estimate of drug-likeness (QED) is 0.264. The monoisotopic (exact) mass is 466 g/mol. The molecule has 0 radical (unpaired) electrons. The van der Waals surface area contributed by atoms with Crippen LogP contribution in [0.15, 0.2) is 42.5 Å². The van der Waals surface area contributed by atoms with Crippen molar-refractivity contribution in [2.45, 2.75) is 96.3 Å². The van der Waals surface area contributed by atoms with Gasteiger partial charge in [0.05, 0.1) is 0 Å². The topological polar surface area (TPSA) is 9.23 Å². The number of rotatable bonds is 9. The summed E-state index contributed by atoms with van der Waals surface area (Å²) >= 11 is 0. The van der Waals surface area contributed by atoms with E-state index in [1.807, 2.05) is 25.1 Å². The first kappa shape index (κ1) is 24.9. The summed E-state index contributed by atoms with van der Waals surface area (Å²) in [6, 6.07) is 9.42. The summed E-state index contributed by atoms with van der Waals surface area (Å²) in [6.45, 7) is 4.77. The molecule has 0 aromatic heterocycles. The van der Waals surface area contributed by atoms with E-state index in [0.717, 1.165) is 42.9 Å². The molecule has 34 heavy (non-hydrogen) atoms. The number of ether oxygens (including phenoxy) is 1. The van der Waals surface area contributed by atoms with Gasteiger partial charge in [0, 0.05) is 5.56 Å². The predicted molar refractivity (Wildman–Crippen MR) is 137 cm³/mol. The lowest BCUT2D eigenvalue weighted by atomic mass is 9.75. The fourth-order valence-corrected chi connectivity index (χ4v) is 6.01. The predicted octanol–water partition coefficient (Wildman–Crippen LogP) is 9.05. The molecule has 1 atom stereocenters. The van der Waals surface area contributed by atoms with Gasteiger partial charge in [-0.2, -0.15) is 0 Å². The number of halogens is 2. The lowest BCUT2D eigenvalue weighted by molar-refractivity contribution is 0.302. The molecule has 1 fully saturated rings. The van der Waals surface area contributed by atoms with E-state index in [0.29, 0.717) is 18.9 Å². The maximum atomic E-state index is 15.3. The summed E-state index contributed by atoms with van der Waals surface area (Å²) in [5.74, 6) is 1.16. The largest absolute Gasteiger partial charge is 0.490 e. The lowest BCUT2D eigenvalue weighted by Crippen LogP contribution is -2.17. The van der Waals surface area contributed by atoms with Gasteiger partial charge in [-0.05, 0) is 111 Å². The first-order valence-corrected chi connectivity index (χ1v) is 13.4. The molecule has 3 heteroatoms. The van der Waals surface area contributed by atoms with E-state index in [4.69, 9.17) is 4.74 Å². The summed E-state index contributed by atoms with van der Waals surface area (Å²) < 4.78 is 36.3. The highest BCUT2D eigenvalue weighted by Gasteiger charge is 2.28. The smallest absolute Gasteiger partial charge is 0.129 e. The molecule has 2 aliphatic carbocycles. The molecule has 0 heterocycles. The zero-order valence-corrected chi connectivity index (χ0v) is 20.9. The summed E-state index contributed by atoms with van der Waals surface area (Å²) in [4.78, 5) is 0. The maximum absolute atomic E-state index is 15.3. The van der Waals surface area contributed by atoms with E-state index in [9.17, 15) is 0 Å². The Balaban J connectivity index is 1.40. The van der Waals surface area contributed by atoms with Gasteiger partial charge >= 0.3 is 0 Å². The SMILES string of the molecule is CC=CCOc1ccc2c(c1)CCC(c1c(F)cc(C3CCC(CCCCC)CC3)cc1F)C2. The number of hydrogen-bond acceptors (Lipinski definition) is 1. The van der Waals surface area contributed by atoms with Gasteiger partial charge in [-0.3, -0.25) is 0 Å². The van der Waals surface area contributed by atoms with Crippen molar-refractivity contribution in [3.05, 3.63) is 76.4 Å². The minimum Gasteiger partial charge on any atom is -0.490 e. The number of fused-ring (bicyclic) bond motifs is 1. The van der Waals surface area contributed by atoms with Gasteiger partial charge in [-0.15, -0.1) is 0 Å². The molecule has 1 saturated carbocycles. The van der Waals surface area contributed by atoms with Crippen molar-refractivity contribution in [3.8, 4) is 5.75 Å². The maximum Gasteiger partial charge on any atom is 0.129 e. The van der Waals surface area contributed by atoms with Crippen LogP contribution in [0.1, 0.15) is 106 Å². The molecule has 184 valence electrons. The van der Waals surface area contributed by atoms with Gasteiger partial charge in [-0.1, -0.05) is 50.8 Å². The van der Waals surface area contributed by atoms with E-state index in [1.165, 1.54) is 49.7 Å². The van der Waals surface area contributed by atoms with Crippen molar-refractivity contribution in [2.24, 2.45) is 5.92 Å². The number of benzene rings is 2. The van der Waals surface area contributed by atoms with Crippen LogP contribution >= 0.6 is 0 Å². The van der Waals surface area contributed by atoms with Crippen molar-refractivity contribution in [1.82, 2.24) is 0 Å². The van der Waals surface area contributed by atoms with Crippen LogP contribution in [0.3, 0.4) is 0 Å². The number of hydrogen-bond donors (Lipinski definition) is 0. The normalized spacial score (nSPS) is 22.6. The van der Waals surface area contributed by atoms with Gasteiger partial charge in [-0.25, -0.2) is 8.78 Å². The molecule has 4 rings (SSSR count). The van der Waals surface area contributed by atoms with Crippen LogP contribution in [0, 0.1) is 17.6 Å². The lowest BCUT2D eigenvalue weighted by Gasteiger charge is -2.30.